The van der Waals surface area contributed by atoms with E-state index in [1.807, 2.05) is 4.90 Å². The van der Waals surface area contributed by atoms with Gasteiger partial charge in [0.25, 0.3) is 0 Å². The third-order valence-corrected chi connectivity index (χ3v) is 3.42. The highest BCUT2D eigenvalue weighted by Crippen LogP contribution is 2.22. The highest BCUT2D eigenvalue weighted by atomic mass is 16.5. The molecule has 2 atom stereocenters. The number of likely N-dealkylation sites (tertiary alicyclic amines) is 1. The number of carboxylic acid groups (broad SMARTS) is 1. The third-order valence-electron chi connectivity index (χ3n) is 3.42. The van der Waals surface area contributed by atoms with Crippen molar-refractivity contribution in [2.45, 2.75) is 32.2 Å². The molecule has 1 saturated heterocycles. The molecular weight excluding hydrogens is 234 g/mol. The molecule has 18 heavy (non-hydrogen) atoms. The van der Waals surface area contributed by atoms with Crippen LogP contribution in [-0.2, 0) is 14.3 Å². The molecule has 0 aromatic carbocycles. The summed E-state index contributed by atoms with van der Waals surface area (Å²) in [5.41, 5.74) is 0. The SMILES string of the molecule is COCCCOCCN1CCC(C)CC1C(=O)O. The second-order valence-electron chi connectivity index (χ2n) is 4.98. The van der Waals surface area contributed by atoms with Crippen LogP contribution in [-0.4, -0.2) is 62.0 Å². The van der Waals surface area contributed by atoms with E-state index in [1.54, 1.807) is 7.11 Å². The Bertz CT molecular complexity index is 247. The van der Waals surface area contributed by atoms with E-state index in [0.717, 1.165) is 25.8 Å². The molecule has 0 bridgehead atoms. The Morgan fingerprint density at radius 1 is 1.39 bits per heavy atom. The van der Waals surface area contributed by atoms with E-state index < -0.39 is 5.97 Å². The molecule has 1 aliphatic rings. The number of rotatable bonds is 8. The summed E-state index contributed by atoms with van der Waals surface area (Å²) in [7, 11) is 1.67. The van der Waals surface area contributed by atoms with Gasteiger partial charge in [-0.05, 0) is 31.7 Å². The molecule has 0 radical (unpaired) electrons. The van der Waals surface area contributed by atoms with Crippen LogP contribution in [0.5, 0.6) is 0 Å². The van der Waals surface area contributed by atoms with Gasteiger partial charge in [0.2, 0.25) is 0 Å². The maximum atomic E-state index is 11.2. The van der Waals surface area contributed by atoms with Crippen LogP contribution in [0.15, 0.2) is 0 Å². The first-order valence-corrected chi connectivity index (χ1v) is 6.68. The van der Waals surface area contributed by atoms with Gasteiger partial charge in [0, 0.05) is 26.9 Å². The normalized spacial score (nSPS) is 25.2. The molecule has 1 rings (SSSR count). The van der Waals surface area contributed by atoms with Crippen molar-refractivity contribution in [2.75, 3.05) is 40.0 Å². The van der Waals surface area contributed by atoms with Gasteiger partial charge >= 0.3 is 5.97 Å². The zero-order valence-electron chi connectivity index (χ0n) is 11.4. The van der Waals surface area contributed by atoms with Gasteiger partial charge in [-0.2, -0.15) is 0 Å². The van der Waals surface area contributed by atoms with Crippen LogP contribution in [0.2, 0.25) is 0 Å². The number of methoxy groups -OCH3 is 1. The summed E-state index contributed by atoms with van der Waals surface area (Å²) in [5, 5.41) is 9.20. The Morgan fingerprint density at radius 2 is 2.17 bits per heavy atom. The van der Waals surface area contributed by atoms with Crippen LogP contribution in [0.1, 0.15) is 26.2 Å². The van der Waals surface area contributed by atoms with Crippen molar-refractivity contribution in [3.63, 3.8) is 0 Å². The first-order chi connectivity index (χ1) is 8.65. The highest BCUT2D eigenvalue weighted by Gasteiger charge is 2.31. The molecule has 5 nitrogen and oxygen atoms in total. The summed E-state index contributed by atoms with van der Waals surface area (Å²) in [6.07, 6.45) is 2.71. The average Bonchev–Trinajstić information content (AvgIpc) is 2.35. The molecule has 106 valence electrons. The van der Waals surface area contributed by atoms with E-state index in [9.17, 15) is 9.90 Å². The Hall–Kier alpha value is -0.650. The number of aliphatic carboxylic acids is 1. The first-order valence-electron chi connectivity index (χ1n) is 6.68. The van der Waals surface area contributed by atoms with E-state index in [1.165, 1.54) is 0 Å². The van der Waals surface area contributed by atoms with Crippen molar-refractivity contribution in [3.8, 4) is 0 Å². The quantitative estimate of drug-likeness (QED) is 0.664. The summed E-state index contributed by atoms with van der Waals surface area (Å²) in [6.45, 7) is 5.67. The standard InChI is InChI=1S/C13H25NO4/c1-11-4-5-14(12(10-11)13(15)16)6-9-18-8-3-7-17-2/h11-12H,3-10H2,1-2H3,(H,15,16). The average molecular weight is 259 g/mol. The predicted molar refractivity (Wildman–Crippen MR) is 68.7 cm³/mol. The minimum Gasteiger partial charge on any atom is -0.480 e. The lowest BCUT2D eigenvalue weighted by Gasteiger charge is -2.35. The van der Waals surface area contributed by atoms with Gasteiger partial charge in [0.15, 0.2) is 0 Å². The predicted octanol–water partition coefficient (Wildman–Crippen LogP) is 1.22. The molecule has 0 aromatic rings. The van der Waals surface area contributed by atoms with Gasteiger partial charge < -0.3 is 14.6 Å². The molecule has 0 aromatic heterocycles. The topological polar surface area (TPSA) is 59.0 Å². The van der Waals surface area contributed by atoms with Crippen molar-refractivity contribution >= 4 is 5.97 Å². The number of piperidine rings is 1. The van der Waals surface area contributed by atoms with E-state index in [-0.39, 0.29) is 6.04 Å². The maximum Gasteiger partial charge on any atom is 0.320 e. The molecule has 1 N–H and O–H groups in total. The van der Waals surface area contributed by atoms with Crippen LogP contribution in [0.3, 0.4) is 0 Å². The number of nitrogens with zero attached hydrogens (tertiary/aromatic N) is 1. The van der Waals surface area contributed by atoms with Gasteiger partial charge in [-0.3, -0.25) is 9.69 Å². The van der Waals surface area contributed by atoms with E-state index >= 15 is 0 Å². The highest BCUT2D eigenvalue weighted by molar-refractivity contribution is 5.73. The largest absolute Gasteiger partial charge is 0.480 e. The molecule has 5 heteroatoms. The van der Waals surface area contributed by atoms with Gasteiger partial charge in [0.1, 0.15) is 6.04 Å². The summed E-state index contributed by atoms with van der Waals surface area (Å²) in [6, 6.07) is -0.337. The van der Waals surface area contributed by atoms with Gasteiger partial charge in [-0.15, -0.1) is 0 Å². The second-order valence-corrected chi connectivity index (χ2v) is 4.98. The molecule has 1 aliphatic heterocycles. The number of ether oxygens (including phenoxy) is 2. The smallest absolute Gasteiger partial charge is 0.320 e. The lowest BCUT2D eigenvalue weighted by molar-refractivity contribution is -0.145. The van der Waals surface area contributed by atoms with Crippen molar-refractivity contribution in [1.82, 2.24) is 4.90 Å². The molecule has 1 heterocycles. The molecule has 0 aliphatic carbocycles. The fourth-order valence-electron chi connectivity index (χ4n) is 2.30. The lowest BCUT2D eigenvalue weighted by Crippen LogP contribution is -2.48. The summed E-state index contributed by atoms with van der Waals surface area (Å²) in [4.78, 5) is 13.2. The van der Waals surface area contributed by atoms with Crippen LogP contribution < -0.4 is 0 Å². The minimum atomic E-state index is -0.707. The third kappa shape index (κ3) is 5.33. The molecule has 0 saturated carbocycles. The molecule has 0 spiro atoms. The molecular formula is C13H25NO4. The summed E-state index contributed by atoms with van der Waals surface area (Å²) >= 11 is 0. The summed E-state index contributed by atoms with van der Waals surface area (Å²) < 4.78 is 10.4. The fraction of sp³-hybridized carbons (Fsp3) is 0.923. The monoisotopic (exact) mass is 259 g/mol. The minimum absolute atomic E-state index is 0.337. The Morgan fingerprint density at radius 3 is 2.83 bits per heavy atom. The van der Waals surface area contributed by atoms with Crippen molar-refractivity contribution in [3.05, 3.63) is 0 Å². The number of carboxylic acids is 1. The van der Waals surface area contributed by atoms with Gasteiger partial charge in [0.05, 0.1) is 6.61 Å². The zero-order valence-corrected chi connectivity index (χ0v) is 11.4. The van der Waals surface area contributed by atoms with E-state index in [4.69, 9.17) is 9.47 Å². The number of carbonyl (C=O) groups is 1. The van der Waals surface area contributed by atoms with Crippen LogP contribution in [0, 0.1) is 5.92 Å². The number of hydrogen-bond donors (Lipinski definition) is 1. The van der Waals surface area contributed by atoms with Crippen molar-refractivity contribution in [1.29, 1.82) is 0 Å². The molecule has 1 fully saturated rings. The Labute approximate surface area is 109 Å². The first kappa shape index (κ1) is 15.4. The fourth-order valence-corrected chi connectivity index (χ4v) is 2.30. The molecule has 0 amide bonds. The van der Waals surface area contributed by atoms with Gasteiger partial charge in [-0.1, -0.05) is 6.92 Å². The Kier molecular flexibility index (Phi) is 7.23. The lowest BCUT2D eigenvalue weighted by atomic mass is 9.92. The maximum absolute atomic E-state index is 11.2. The van der Waals surface area contributed by atoms with Gasteiger partial charge in [-0.25, -0.2) is 0 Å². The number of hydrogen-bond acceptors (Lipinski definition) is 4. The molecule has 2 unspecified atom stereocenters. The van der Waals surface area contributed by atoms with Crippen molar-refractivity contribution < 1.29 is 19.4 Å². The van der Waals surface area contributed by atoms with Crippen LogP contribution >= 0.6 is 0 Å². The van der Waals surface area contributed by atoms with E-state index in [0.29, 0.717) is 32.3 Å². The van der Waals surface area contributed by atoms with Crippen LogP contribution in [0.25, 0.3) is 0 Å². The van der Waals surface area contributed by atoms with Crippen LogP contribution in [0.4, 0.5) is 0 Å². The zero-order chi connectivity index (χ0) is 13.4. The van der Waals surface area contributed by atoms with Crippen molar-refractivity contribution in [2.24, 2.45) is 5.92 Å². The second kappa shape index (κ2) is 8.45. The summed E-state index contributed by atoms with van der Waals surface area (Å²) in [5.74, 6) is -0.203. The Balaban J connectivity index is 2.20. The van der Waals surface area contributed by atoms with E-state index in [2.05, 4.69) is 6.92 Å².